The van der Waals surface area contributed by atoms with Crippen molar-refractivity contribution in [1.82, 2.24) is 4.57 Å². The topological polar surface area (TPSA) is 100 Å². The molecule has 0 aliphatic carbocycles. The molecular formula is C23H20N2O6S. The smallest absolute Gasteiger partial charge is 0.338 e. The molecule has 32 heavy (non-hydrogen) atoms. The zero-order chi connectivity index (χ0) is 22.8. The van der Waals surface area contributed by atoms with Gasteiger partial charge in [0.2, 0.25) is 0 Å². The van der Waals surface area contributed by atoms with Gasteiger partial charge in [0.05, 0.1) is 34.7 Å². The van der Waals surface area contributed by atoms with Crippen LogP contribution >= 0.6 is 11.3 Å². The van der Waals surface area contributed by atoms with Crippen molar-refractivity contribution in [3.8, 4) is 5.75 Å². The van der Waals surface area contributed by atoms with E-state index in [-0.39, 0.29) is 17.7 Å². The van der Waals surface area contributed by atoms with Crippen molar-refractivity contribution in [3.63, 3.8) is 0 Å². The molecule has 4 rings (SSSR count). The average Bonchev–Trinajstić information content (AvgIpc) is 3.36. The summed E-state index contributed by atoms with van der Waals surface area (Å²) in [5.41, 5.74) is 1.12. The number of furan rings is 1. The fourth-order valence-electron chi connectivity index (χ4n) is 3.49. The highest BCUT2D eigenvalue weighted by atomic mass is 32.1. The number of carbonyl (C=O) groups excluding carboxylic acids is 2. The Labute approximate surface area is 186 Å². The maximum absolute atomic E-state index is 13.4. The van der Waals surface area contributed by atoms with Crippen LogP contribution in [0.25, 0.3) is 6.08 Å². The number of allylic oxidation sites excluding steroid dienone is 1. The maximum atomic E-state index is 13.4. The predicted octanol–water partition coefficient (Wildman–Crippen LogP) is 2.32. The first-order chi connectivity index (χ1) is 15.4. The minimum absolute atomic E-state index is 0.191. The van der Waals surface area contributed by atoms with Gasteiger partial charge in [-0.25, -0.2) is 9.79 Å². The molecule has 1 unspecified atom stereocenters. The van der Waals surface area contributed by atoms with Crippen LogP contribution in [-0.4, -0.2) is 23.1 Å². The summed E-state index contributed by atoms with van der Waals surface area (Å²) in [6.07, 6.45) is 3.17. The van der Waals surface area contributed by atoms with E-state index in [0.29, 0.717) is 32.1 Å². The Morgan fingerprint density at radius 2 is 2.00 bits per heavy atom. The molecule has 0 saturated carbocycles. The zero-order valence-corrected chi connectivity index (χ0v) is 18.5. The van der Waals surface area contributed by atoms with Crippen molar-refractivity contribution < 1.29 is 23.5 Å². The van der Waals surface area contributed by atoms with Gasteiger partial charge in [-0.3, -0.25) is 14.2 Å². The quantitative estimate of drug-likeness (QED) is 0.435. The van der Waals surface area contributed by atoms with Crippen LogP contribution in [-0.2, 0) is 14.3 Å². The van der Waals surface area contributed by atoms with Crippen LogP contribution in [0.2, 0.25) is 0 Å². The summed E-state index contributed by atoms with van der Waals surface area (Å²) >= 11 is 1.21. The molecule has 1 aliphatic heterocycles. The fraction of sp³-hybridized carbons (Fsp3) is 0.217. The van der Waals surface area contributed by atoms with Crippen molar-refractivity contribution in [2.75, 3.05) is 6.61 Å². The molecule has 1 aromatic carbocycles. The number of nitrogens with zero attached hydrogens (tertiary/aromatic N) is 2. The maximum Gasteiger partial charge on any atom is 0.338 e. The van der Waals surface area contributed by atoms with Crippen LogP contribution in [0.5, 0.6) is 5.75 Å². The number of hydrogen-bond donors (Lipinski definition) is 0. The van der Waals surface area contributed by atoms with Gasteiger partial charge < -0.3 is 13.9 Å². The fourth-order valence-corrected chi connectivity index (χ4v) is 4.52. The van der Waals surface area contributed by atoms with E-state index < -0.39 is 18.0 Å². The number of hydrogen-bond acceptors (Lipinski definition) is 8. The van der Waals surface area contributed by atoms with Crippen molar-refractivity contribution in [2.45, 2.75) is 26.8 Å². The number of fused-ring (bicyclic) bond motifs is 1. The second kappa shape index (κ2) is 8.80. The monoisotopic (exact) mass is 452 g/mol. The van der Waals surface area contributed by atoms with E-state index in [4.69, 9.17) is 13.9 Å². The average molecular weight is 452 g/mol. The molecule has 9 heteroatoms. The summed E-state index contributed by atoms with van der Waals surface area (Å²) in [5, 5.41) is 0. The Morgan fingerprint density at radius 3 is 2.62 bits per heavy atom. The van der Waals surface area contributed by atoms with Gasteiger partial charge in [-0.2, -0.15) is 0 Å². The van der Waals surface area contributed by atoms with E-state index in [1.807, 2.05) is 0 Å². The Morgan fingerprint density at radius 1 is 1.25 bits per heavy atom. The molecule has 0 amide bonds. The van der Waals surface area contributed by atoms with Gasteiger partial charge in [-0.05, 0) is 43.7 Å². The van der Waals surface area contributed by atoms with Crippen LogP contribution in [0, 0.1) is 0 Å². The predicted molar refractivity (Wildman–Crippen MR) is 117 cm³/mol. The van der Waals surface area contributed by atoms with E-state index in [2.05, 4.69) is 4.99 Å². The van der Waals surface area contributed by atoms with Crippen LogP contribution in [0.3, 0.4) is 0 Å². The highest BCUT2D eigenvalue weighted by molar-refractivity contribution is 7.07. The summed E-state index contributed by atoms with van der Waals surface area (Å²) < 4.78 is 17.6. The van der Waals surface area contributed by atoms with Gasteiger partial charge >= 0.3 is 11.9 Å². The van der Waals surface area contributed by atoms with Crippen LogP contribution < -0.4 is 19.6 Å². The number of aromatic nitrogens is 1. The number of rotatable bonds is 5. The second-order valence-corrected chi connectivity index (χ2v) is 7.99. The van der Waals surface area contributed by atoms with Crippen molar-refractivity contribution in [2.24, 2.45) is 4.99 Å². The van der Waals surface area contributed by atoms with E-state index in [1.54, 1.807) is 56.3 Å². The number of ether oxygens (including phenoxy) is 2. The highest BCUT2D eigenvalue weighted by Gasteiger charge is 2.33. The van der Waals surface area contributed by atoms with Gasteiger partial charge in [-0.1, -0.05) is 23.5 Å². The van der Waals surface area contributed by atoms with E-state index in [9.17, 15) is 14.4 Å². The van der Waals surface area contributed by atoms with Crippen LogP contribution in [0.4, 0.5) is 0 Å². The third-order valence-electron chi connectivity index (χ3n) is 4.79. The van der Waals surface area contributed by atoms with Gasteiger partial charge in [0.25, 0.3) is 5.56 Å². The molecule has 1 atom stereocenters. The minimum Gasteiger partial charge on any atom is -0.465 e. The minimum atomic E-state index is -0.740. The molecule has 2 aromatic heterocycles. The van der Waals surface area contributed by atoms with Gasteiger partial charge in [0, 0.05) is 13.0 Å². The van der Waals surface area contributed by atoms with Gasteiger partial charge in [0.15, 0.2) is 4.80 Å². The SMILES string of the molecule is CCOC(=O)C1=C(C)N=c2s/c(=C/c3ccco3)c(=O)n2C1c1ccc(OC(C)=O)cc1. The van der Waals surface area contributed by atoms with E-state index in [0.717, 1.165) is 0 Å². The number of benzene rings is 1. The van der Waals surface area contributed by atoms with E-state index >= 15 is 0 Å². The lowest BCUT2D eigenvalue weighted by atomic mass is 9.96. The lowest BCUT2D eigenvalue weighted by Gasteiger charge is -2.24. The molecule has 0 saturated heterocycles. The molecule has 1 aliphatic rings. The standard InChI is InChI=1S/C23H20N2O6S/c1-4-29-22(28)19-13(2)24-23-25(21(27)18(32-23)12-17-6-5-11-30-17)20(19)15-7-9-16(10-8-15)31-14(3)26/h5-12,20H,4H2,1-3H3/b18-12+. The van der Waals surface area contributed by atoms with Crippen molar-refractivity contribution in [1.29, 1.82) is 0 Å². The molecule has 3 aromatic rings. The molecule has 8 nitrogen and oxygen atoms in total. The Kier molecular flexibility index (Phi) is 5.91. The summed E-state index contributed by atoms with van der Waals surface area (Å²) in [6, 6.07) is 9.41. The number of carbonyl (C=O) groups is 2. The summed E-state index contributed by atoms with van der Waals surface area (Å²) in [5.74, 6) is -0.0708. The number of esters is 2. The highest BCUT2D eigenvalue weighted by Crippen LogP contribution is 2.31. The zero-order valence-electron chi connectivity index (χ0n) is 17.7. The molecule has 0 radical (unpaired) electrons. The van der Waals surface area contributed by atoms with Gasteiger partial charge in [-0.15, -0.1) is 0 Å². The lowest BCUT2D eigenvalue weighted by molar-refractivity contribution is -0.139. The summed E-state index contributed by atoms with van der Waals surface area (Å²) in [4.78, 5) is 42.4. The van der Waals surface area contributed by atoms with Crippen molar-refractivity contribution in [3.05, 3.63) is 84.9 Å². The number of thiazole rings is 1. The first kappa shape index (κ1) is 21.5. The molecule has 0 bridgehead atoms. The second-order valence-electron chi connectivity index (χ2n) is 6.98. The largest absolute Gasteiger partial charge is 0.465 e. The summed E-state index contributed by atoms with van der Waals surface area (Å²) in [7, 11) is 0. The van der Waals surface area contributed by atoms with Crippen LogP contribution in [0.15, 0.2) is 68.1 Å². The van der Waals surface area contributed by atoms with E-state index in [1.165, 1.54) is 29.1 Å². The lowest BCUT2D eigenvalue weighted by Crippen LogP contribution is -2.39. The Bertz CT molecular complexity index is 1380. The molecule has 0 spiro atoms. The van der Waals surface area contributed by atoms with Gasteiger partial charge in [0.1, 0.15) is 11.5 Å². The first-order valence-corrected chi connectivity index (χ1v) is 10.7. The first-order valence-electron chi connectivity index (χ1n) is 9.90. The third kappa shape index (κ3) is 4.06. The summed E-state index contributed by atoms with van der Waals surface area (Å²) in [6.45, 7) is 4.94. The van der Waals surface area contributed by atoms with Crippen molar-refractivity contribution >= 4 is 29.4 Å². The third-order valence-corrected chi connectivity index (χ3v) is 5.77. The molecule has 3 heterocycles. The Balaban J connectivity index is 1.90. The molecular weight excluding hydrogens is 432 g/mol. The molecule has 164 valence electrons. The Hall–Kier alpha value is -3.72. The molecule has 0 fully saturated rings. The molecule has 0 N–H and O–H groups in total. The normalized spacial score (nSPS) is 15.8. The van der Waals surface area contributed by atoms with Crippen LogP contribution in [0.1, 0.15) is 38.1 Å².